The number of rotatable bonds is 1. The van der Waals surface area contributed by atoms with Crippen molar-refractivity contribution in [3.8, 4) is 11.8 Å². The Kier molecular flexibility index (Phi) is 2.79. The van der Waals surface area contributed by atoms with E-state index in [4.69, 9.17) is 16.9 Å². The monoisotopic (exact) mass is 195 g/mol. The molecule has 0 amide bonds. The molecule has 0 aromatic heterocycles. The van der Waals surface area contributed by atoms with Crippen molar-refractivity contribution in [3.63, 3.8) is 0 Å². The summed E-state index contributed by atoms with van der Waals surface area (Å²) in [7, 11) is 0. The third-order valence-electron chi connectivity index (χ3n) is 1.87. The minimum atomic E-state index is -0.131. The molecule has 0 saturated carbocycles. The van der Waals surface area contributed by atoms with Crippen LogP contribution in [0.2, 0.25) is 5.02 Å². The molecule has 0 spiro atoms. The number of nitriles is 1. The van der Waals surface area contributed by atoms with Crippen molar-refractivity contribution in [2.75, 3.05) is 0 Å². The molecule has 1 aromatic rings. The van der Waals surface area contributed by atoms with Crippen LogP contribution in [-0.2, 0) is 0 Å². The van der Waals surface area contributed by atoms with Gasteiger partial charge in [-0.25, -0.2) is 0 Å². The largest absolute Gasteiger partial charge is 0.505 e. The quantitative estimate of drug-likeness (QED) is 0.749. The highest BCUT2D eigenvalue weighted by Gasteiger charge is 2.09. The van der Waals surface area contributed by atoms with E-state index in [1.165, 1.54) is 0 Å². The summed E-state index contributed by atoms with van der Waals surface area (Å²) in [5, 5.41) is 18.3. The van der Waals surface area contributed by atoms with Gasteiger partial charge in [-0.2, -0.15) is 5.26 Å². The van der Waals surface area contributed by atoms with E-state index in [0.717, 1.165) is 5.56 Å². The maximum atomic E-state index is 9.35. The average molecular weight is 196 g/mol. The summed E-state index contributed by atoms with van der Waals surface area (Å²) in [6.45, 7) is 4.01. The van der Waals surface area contributed by atoms with Crippen LogP contribution in [0.4, 0.5) is 0 Å². The van der Waals surface area contributed by atoms with Crippen LogP contribution in [0.15, 0.2) is 12.1 Å². The number of phenols is 1. The fourth-order valence-corrected chi connectivity index (χ4v) is 1.27. The third-order valence-corrected chi connectivity index (χ3v) is 2.16. The molecule has 2 nitrogen and oxygen atoms in total. The molecule has 0 atom stereocenters. The molecule has 0 aliphatic rings. The lowest BCUT2D eigenvalue weighted by Crippen LogP contribution is -1.89. The molecular formula is C10H10ClNO. The number of aromatic hydroxyl groups is 1. The van der Waals surface area contributed by atoms with Crippen LogP contribution in [0.25, 0.3) is 0 Å². The number of nitrogens with zero attached hydrogens (tertiary/aromatic N) is 1. The van der Waals surface area contributed by atoms with Crippen LogP contribution >= 0.6 is 11.6 Å². The molecule has 3 heteroatoms. The van der Waals surface area contributed by atoms with Crippen LogP contribution in [0.1, 0.15) is 30.9 Å². The van der Waals surface area contributed by atoms with E-state index in [1.54, 1.807) is 12.1 Å². The van der Waals surface area contributed by atoms with E-state index in [1.807, 2.05) is 19.9 Å². The predicted molar refractivity (Wildman–Crippen MR) is 51.9 cm³/mol. The summed E-state index contributed by atoms with van der Waals surface area (Å²) in [6.07, 6.45) is 0. The Morgan fingerprint density at radius 1 is 1.46 bits per heavy atom. The number of halogens is 1. The molecule has 0 unspecified atom stereocenters. The molecule has 0 heterocycles. The van der Waals surface area contributed by atoms with E-state index >= 15 is 0 Å². The van der Waals surface area contributed by atoms with Gasteiger partial charge in [0, 0.05) is 0 Å². The lowest BCUT2D eigenvalue weighted by atomic mass is 10.0. The minimum absolute atomic E-state index is 0.131. The van der Waals surface area contributed by atoms with Crippen molar-refractivity contribution in [3.05, 3.63) is 28.3 Å². The molecular weight excluding hydrogens is 186 g/mol. The van der Waals surface area contributed by atoms with Crippen LogP contribution in [0, 0.1) is 11.3 Å². The standard InChI is InChI=1S/C10H10ClNO/c1-6(2)7-3-8(5-12)10(13)9(11)4-7/h3-4,6,13H,1-2H3. The normalized spacial score (nSPS) is 10.1. The Labute approximate surface area is 82.4 Å². The van der Waals surface area contributed by atoms with Crippen LogP contribution < -0.4 is 0 Å². The van der Waals surface area contributed by atoms with Crippen LogP contribution in [0.5, 0.6) is 5.75 Å². The van der Waals surface area contributed by atoms with Gasteiger partial charge >= 0.3 is 0 Å². The van der Waals surface area contributed by atoms with Crippen molar-refractivity contribution >= 4 is 11.6 Å². The van der Waals surface area contributed by atoms with Gasteiger partial charge in [-0.1, -0.05) is 25.4 Å². The number of hydrogen-bond donors (Lipinski definition) is 1. The van der Waals surface area contributed by atoms with Crippen molar-refractivity contribution in [1.82, 2.24) is 0 Å². The van der Waals surface area contributed by atoms with Gasteiger partial charge in [0.15, 0.2) is 5.75 Å². The summed E-state index contributed by atoms with van der Waals surface area (Å²) in [5.74, 6) is 0.166. The Morgan fingerprint density at radius 2 is 2.08 bits per heavy atom. The van der Waals surface area contributed by atoms with E-state index in [0.29, 0.717) is 5.92 Å². The van der Waals surface area contributed by atoms with Gasteiger partial charge in [0.1, 0.15) is 6.07 Å². The Balaban J connectivity index is 3.32. The summed E-state index contributed by atoms with van der Waals surface area (Å²) in [4.78, 5) is 0. The molecule has 1 aromatic carbocycles. The highest BCUT2D eigenvalue weighted by molar-refractivity contribution is 6.32. The number of hydrogen-bond acceptors (Lipinski definition) is 2. The second kappa shape index (κ2) is 3.68. The van der Waals surface area contributed by atoms with Crippen molar-refractivity contribution in [2.24, 2.45) is 0 Å². The first-order valence-electron chi connectivity index (χ1n) is 3.98. The highest BCUT2D eigenvalue weighted by Crippen LogP contribution is 2.31. The summed E-state index contributed by atoms with van der Waals surface area (Å²) in [6, 6.07) is 5.24. The summed E-state index contributed by atoms with van der Waals surface area (Å²) in [5.41, 5.74) is 1.19. The van der Waals surface area contributed by atoms with Crippen molar-refractivity contribution < 1.29 is 5.11 Å². The van der Waals surface area contributed by atoms with Gasteiger partial charge in [0.25, 0.3) is 0 Å². The second-order valence-corrected chi connectivity index (χ2v) is 3.57. The first-order chi connectivity index (χ1) is 6.06. The van der Waals surface area contributed by atoms with E-state index in [9.17, 15) is 5.11 Å². The van der Waals surface area contributed by atoms with Crippen molar-refractivity contribution in [2.45, 2.75) is 19.8 Å². The topological polar surface area (TPSA) is 44.0 Å². The first-order valence-corrected chi connectivity index (χ1v) is 4.36. The molecule has 0 fully saturated rings. The number of phenolic OH excluding ortho intramolecular Hbond substituents is 1. The zero-order valence-corrected chi connectivity index (χ0v) is 8.26. The van der Waals surface area contributed by atoms with Gasteiger partial charge < -0.3 is 5.11 Å². The summed E-state index contributed by atoms with van der Waals surface area (Å²) >= 11 is 5.74. The molecule has 1 N–H and O–H groups in total. The fraction of sp³-hybridized carbons (Fsp3) is 0.300. The van der Waals surface area contributed by atoms with Gasteiger partial charge in [0.05, 0.1) is 10.6 Å². The highest BCUT2D eigenvalue weighted by atomic mass is 35.5. The summed E-state index contributed by atoms with van der Waals surface area (Å²) < 4.78 is 0. The minimum Gasteiger partial charge on any atom is -0.505 e. The molecule has 0 bridgehead atoms. The van der Waals surface area contributed by atoms with Crippen molar-refractivity contribution in [1.29, 1.82) is 5.26 Å². The second-order valence-electron chi connectivity index (χ2n) is 3.17. The predicted octanol–water partition coefficient (Wildman–Crippen LogP) is 3.04. The Morgan fingerprint density at radius 3 is 2.54 bits per heavy atom. The van der Waals surface area contributed by atoms with Crippen LogP contribution in [0.3, 0.4) is 0 Å². The maximum Gasteiger partial charge on any atom is 0.151 e. The zero-order chi connectivity index (χ0) is 10.0. The average Bonchev–Trinajstić information content (AvgIpc) is 2.09. The zero-order valence-electron chi connectivity index (χ0n) is 7.50. The Hall–Kier alpha value is -1.20. The lowest BCUT2D eigenvalue weighted by molar-refractivity contribution is 0.473. The Bertz CT molecular complexity index is 366. The van der Waals surface area contributed by atoms with Gasteiger partial charge in [-0.15, -0.1) is 0 Å². The van der Waals surface area contributed by atoms with Crippen LogP contribution in [-0.4, -0.2) is 5.11 Å². The lowest BCUT2D eigenvalue weighted by Gasteiger charge is -2.07. The number of benzene rings is 1. The molecule has 13 heavy (non-hydrogen) atoms. The van der Waals surface area contributed by atoms with E-state index in [-0.39, 0.29) is 16.3 Å². The molecule has 68 valence electrons. The van der Waals surface area contributed by atoms with E-state index in [2.05, 4.69) is 0 Å². The molecule has 0 aliphatic heterocycles. The molecule has 0 saturated heterocycles. The molecule has 0 radical (unpaired) electrons. The van der Waals surface area contributed by atoms with Gasteiger partial charge in [-0.05, 0) is 23.6 Å². The fourth-order valence-electron chi connectivity index (χ4n) is 1.04. The first kappa shape index (κ1) is 9.88. The van der Waals surface area contributed by atoms with E-state index < -0.39 is 0 Å². The molecule has 0 aliphatic carbocycles. The third kappa shape index (κ3) is 1.93. The maximum absolute atomic E-state index is 9.35. The van der Waals surface area contributed by atoms with Gasteiger partial charge in [-0.3, -0.25) is 0 Å². The van der Waals surface area contributed by atoms with Gasteiger partial charge in [0.2, 0.25) is 0 Å². The smallest absolute Gasteiger partial charge is 0.151 e. The molecule has 1 rings (SSSR count). The SMILES string of the molecule is CC(C)c1cc(Cl)c(O)c(C#N)c1.